The van der Waals surface area contributed by atoms with Gasteiger partial charge in [0.2, 0.25) is 5.91 Å². The molecule has 5 nitrogen and oxygen atoms in total. The SMILES string of the molecule is CN(C)C(=O)c1ccc(Cl)cc1N1CC(N)CC1=O. The Labute approximate surface area is 116 Å². The summed E-state index contributed by atoms with van der Waals surface area (Å²) in [6, 6.07) is 4.71. The summed E-state index contributed by atoms with van der Waals surface area (Å²) in [5.41, 5.74) is 6.77. The second kappa shape index (κ2) is 5.19. The first-order valence-electron chi connectivity index (χ1n) is 5.97. The summed E-state index contributed by atoms with van der Waals surface area (Å²) in [4.78, 5) is 27.1. The van der Waals surface area contributed by atoms with Crippen LogP contribution in [0.25, 0.3) is 0 Å². The van der Waals surface area contributed by atoms with Gasteiger partial charge in [0.05, 0.1) is 11.3 Å². The molecule has 1 aromatic carbocycles. The van der Waals surface area contributed by atoms with Gasteiger partial charge in [-0.2, -0.15) is 0 Å². The second-order valence-corrected chi connectivity index (χ2v) is 5.27. The Morgan fingerprint density at radius 3 is 2.68 bits per heavy atom. The lowest BCUT2D eigenvalue weighted by Gasteiger charge is -2.21. The molecule has 6 heteroatoms. The predicted octanol–water partition coefficient (Wildman–Crippen LogP) is 1.11. The lowest BCUT2D eigenvalue weighted by molar-refractivity contribution is -0.117. The summed E-state index contributed by atoms with van der Waals surface area (Å²) < 4.78 is 0. The van der Waals surface area contributed by atoms with Crippen LogP contribution in [-0.2, 0) is 4.79 Å². The van der Waals surface area contributed by atoms with Crippen LogP contribution in [0.15, 0.2) is 18.2 Å². The molecular formula is C13H16ClN3O2. The number of anilines is 1. The molecule has 0 radical (unpaired) electrons. The Kier molecular flexibility index (Phi) is 3.78. The lowest BCUT2D eigenvalue weighted by Crippen LogP contribution is -2.31. The summed E-state index contributed by atoms with van der Waals surface area (Å²) >= 11 is 5.97. The third-order valence-electron chi connectivity index (χ3n) is 3.04. The van der Waals surface area contributed by atoms with Crippen molar-refractivity contribution >= 4 is 29.1 Å². The molecule has 2 rings (SSSR count). The molecule has 1 unspecified atom stereocenters. The number of rotatable bonds is 2. The minimum atomic E-state index is -0.200. The zero-order valence-corrected chi connectivity index (χ0v) is 11.6. The molecule has 0 aromatic heterocycles. The zero-order chi connectivity index (χ0) is 14.2. The summed E-state index contributed by atoms with van der Waals surface area (Å²) in [6.45, 7) is 0.410. The van der Waals surface area contributed by atoms with Crippen molar-refractivity contribution in [1.82, 2.24) is 4.90 Å². The third-order valence-corrected chi connectivity index (χ3v) is 3.28. The van der Waals surface area contributed by atoms with Gasteiger partial charge in [-0.3, -0.25) is 9.59 Å². The van der Waals surface area contributed by atoms with Gasteiger partial charge >= 0.3 is 0 Å². The average Bonchev–Trinajstić information content (AvgIpc) is 2.67. The quantitative estimate of drug-likeness (QED) is 0.883. The van der Waals surface area contributed by atoms with Crippen molar-refractivity contribution in [3.8, 4) is 0 Å². The van der Waals surface area contributed by atoms with Crippen molar-refractivity contribution in [2.45, 2.75) is 12.5 Å². The van der Waals surface area contributed by atoms with Gasteiger partial charge in [0.15, 0.2) is 0 Å². The van der Waals surface area contributed by atoms with E-state index in [1.165, 1.54) is 9.80 Å². The van der Waals surface area contributed by atoms with Crippen LogP contribution < -0.4 is 10.6 Å². The van der Waals surface area contributed by atoms with E-state index in [2.05, 4.69) is 0 Å². The highest BCUT2D eigenvalue weighted by Crippen LogP contribution is 2.29. The fourth-order valence-electron chi connectivity index (χ4n) is 2.12. The van der Waals surface area contributed by atoms with Crippen molar-refractivity contribution in [3.63, 3.8) is 0 Å². The van der Waals surface area contributed by atoms with E-state index in [-0.39, 0.29) is 17.9 Å². The highest BCUT2D eigenvalue weighted by molar-refractivity contribution is 6.31. The Hall–Kier alpha value is -1.59. The molecule has 2 N–H and O–H groups in total. The van der Waals surface area contributed by atoms with Gasteiger partial charge in [-0.1, -0.05) is 11.6 Å². The van der Waals surface area contributed by atoms with E-state index in [4.69, 9.17) is 17.3 Å². The lowest BCUT2D eigenvalue weighted by atomic mass is 10.1. The van der Waals surface area contributed by atoms with Crippen molar-refractivity contribution in [3.05, 3.63) is 28.8 Å². The van der Waals surface area contributed by atoms with Crippen LogP contribution in [0.4, 0.5) is 5.69 Å². The molecule has 1 fully saturated rings. The first kappa shape index (κ1) is 13.8. The molecule has 1 saturated heterocycles. The summed E-state index contributed by atoms with van der Waals surface area (Å²) in [5.74, 6) is -0.248. The molecule has 102 valence electrons. The fourth-order valence-corrected chi connectivity index (χ4v) is 2.28. The van der Waals surface area contributed by atoms with E-state index in [0.29, 0.717) is 29.2 Å². The molecule has 1 aromatic rings. The van der Waals surface area contributed by atoms with E-state index in [1.807, 2.05) is 0 Å². The first-order chi connectivity index (χ1) is 8.90. The number of amides is 2. The third kappa shape index (κ3) is 2.72. The maximum atomic E-state index is 12.1. The molecule has 1 heterocycles. The number of nitrogens with zero attached hydrogens (tertiary/aromatic N) is 2. The number of nitrogens with two attached hydrogens (primary N) is 1. The number of hydrogen-bond donors (Lipinski definition) is 1. The van der Waals surface area contributed by atoms with Gasteiger partial charge in [0.25, 0.3) is 5.91 Å². The fraction of sp³-hybridized carbons (Fsp3) is 0.385. The highest BCUT2D eigenvalue weighted by atomic mass is 35.5. The normalized spacial score (nSPS) is 18.8. The number of carbonyl (C=O) groups is 2. The van der Waals surface area contributed by atoms with Crippen LogP contribution >= 0.6 is 11.6 Å². The standard InChI is InChI=1S/C13H16ClN3O2/c1-16(2)13(19)10-4-3-8(14)5-11(10)17-7-9(15)6-12(17)18/h3-5,9H,6-7,15H2,1-2H3. The summed E-state index contributed by atoms with van der Waals surface area (Å²) in [5, 5.41) is 0.485. The first-order valence-corrected chi connectivity index (χ1v) is 6.35. The van der Waals surface area contributed by atoms with Gasteiger partial charge < -0.3 is 15.5 Å². The molecule has 0 saturated carbocycles. The van der Waals surface area contributed by atoms with Gasteiger partial charge in [0, 0.05) is 38.1 Å². The summed E-state index contributed by atoms with van der Waals surface area (Å²) in [6.07, 6.45) is 0.294. The maximum Gasteiger partial charge on any atom is 0.255 e. The molecule has 1 aliphatic heterocycles. The summed E-state index contributed by atoms with van der Waals surface area (Å²) in [7, 11) is 3.33. The van der Waals surface area contributed by atoms with Crippen LogP contribution in [0.3, 0.4) is 0 Å². The number of carbonyl (C=O) groups excluding carboxylic acids is 2. The number of benzene rings is 1. The van der Waals surface area contributed by atoms with Crippen molar-refractivity contribution in [1.29, 1.82) is 0 Å². The number of hydrogen-bond acceptors (Lipinski definition) is 3. The van der Waals surface area contributed by atoms with Crippen LogP contribution in [-0.4, -0.2) is 43.4 Å². The average molecular weight is 282 g/mol. The van der Waals surface area contributed by atoms with E-state index in [0.717, 1.165) is 0 Å². The maximum absolute atomic E-state index is 12.1. The van der Waals surface area contributed by atoms with E-state index >= 15 is 0 Å². The monoisotopic (exact) mass is 281 g/mol. The molecule has 0 aliphatic carbocycles. The topological polar surface area (TPSA) is 66.6 Å². The van der Waals surface area contributed by atoms with Gasteiger partial charge in [-0.15, -0.1) is 0 Å². The second-order valence-electron chi connectivity index (χ2n) is 4.83. The van der Waals surface area contributed by atoms with E-state index < -0.39 is 0 Å². The minimum Gasteiger partial charge on any atom is -0.345 e. The highest BCUT2D eigenvalue weighted by Gasteiger charge is 2.31. The van der Waals surface area contributed by atoms with Crippen molar-refractivity contribution in [2.24, 2.45) is 5.73 Å². The smallest absolute Gasteiger partial charge is 0.255 e. The van der Waals surface area contributed by atoms with Crippen LogP contribution in [0, 0.1) is 0 Å². The van der Waals surface area contributed by atoms with Gasteiger partial charge in [-0.05, 0) is 18.2 Å². The van der Waals surface area contributed by atoms with Crippen LogP contribution in [0.5, 0.6) is 0 Å². The molecule has 0 spiro atoms. The van der Waals surface area contributed by atoms with E-state index in [9.17, 15) is 9.59 Å². The van der Waals surface area contributed by atoms with Crippen molar-refractivity contribution in [2.75, 3.05) is 25.5 Å². The van der Waals surface area contributed by atoms with Gasteiger partial charge in [0.1, 0.15) is 0 Å². The van der Waals surface area contributed by atoms with Crippen LogP contribution in [0.2, 0.25) is 5.02 Å². The molecule has 1 aliphatic rings. The zero-order valence-electron chi connectivity index (χ0n) is 10.9. The predicted molar refractivity (Wildman–Crippen MR) is 74.4 cm³/mol. The Morgan fingerprint density at radius 1 is 1.47 bits per heavy atom. The largest absolute Gasteiger partial charge is 0.345 e. The van der Waals surface area contributed by atoms with E-state index in [1.54, 1.807) is 32.3 Å². The molecule has 19 heavy (non-hydrogen) atoms. The Morgan fingerprint density at radius 2 is 2.16 bits per heavy atom. The molecular weight excluding hydrogens is 266 g/mol. The molecule has 0 bridgehead atoms. The van der Waals surface area contributed by atoms with Crippen molar-refractivity contribution < 1.29 is 9.59 Å². The van der Waals surface area contributed by atoms with Crippen LogP contribution in [0.1, 0.15) is 16.8 Å². The molecule has 2 amide bonds. The Balaban J connectivity index is 2.46. The van der Waals surface area contributed by atoms with Gasteiger partial charge in [-0.25, -0.2) is 0 Å². The molecule has 1 atom stereocenters. The minimum absolute atomic E-state index is 0.0810. The Bertz CT molecular complexity index is 531. The number of halogens is 1.